The second kappa shape index (κ2) is 17.5. The maximum Gasteiger partial charge on any atom is 0.338 e. The lowest BCUT2D eigenvalue weighted by Crippen LogP contribution is -2.36. The first-order valence-electron chi connectivity index (χ1n) is 15.1. The Balaban J connectivity index is 1.20. The highest BCUT2D eigenvalue weighted by molar-refractivity contribution is 5.92. The average Bonchev–Trinajstić information content (AvgIpc) is 3.69. The second-order valence-electron chi connectivity index (χ2n) is 11.0. The predicted octanol–water partition coefficient (Wildman–Crippen LogP) is 3.50. The smallest absolute Gasteiger partial charge is 0.338 e. The normalized spacial score (nSPS) is 19.3. The molecule has 0 bridgehead atoms. The molecule has 2 aromatic rings. The molecule has 50 heavy (non-hydrogen) atoms. The van der Waals surface area contributed by atoms with E-state index in [9.17, 15) is 28.8 Å². The van der Waals surface area contributed by atoms with Gasteiger partial charge in [-0.15, -0.1) is 0 Å². The number of benzene rings is 2. The number of hydrogen-bond acceptors (Lipinski definition) is 14. The number of carbonyl (C=O) groups excluding carboxylic acids is 6. The molecule has 0 radical (unpaired) electrons. The lowest BCUT2D eigenvalue weighted by Gasteiger charge is -2.17. The van der Waals surface area contributed by atoms with Crippen LogP contribution >= 0.6 is 0 Å². The molecule has 14 heteroatoms. The van der Waals surface area contributed by atoms with E-state index in [-0.39, 0.29) is 35.5 Å². The Bertz CT molecular complexity index is 1560. The minimum absolute atomic E-state index is 0.0412. The minimum atomic E-state index is -0.736. The molecule has 2 aliphatic heterocycles. The molecule has 0 spiro atoms. The first-order chi connectivity index (χ1) is 23.9. The molecule has 14 nitrogen and oxygen atoms in total. The van der Waals surface area contributed by atoms with Gasteiger partial charge < -0.3 is 37.9 Å². The van der Waals surface area contributed by atoms with Gasteiger partial charge in [-0.2, -0.15) is 0 Å². The molecule has 2 saturated heterocycles. The lowest BCUT2D eigenvalue weighted by atomic mass is 10.1. The Kier molecular flexibility index (Phi) is 12.9. The molecule has 0 unspecified atom stereocenters. The minimum Gasteiger partial charge on any atom is -0.453 e. The second-order valence-corrected chi connectivity index (χ2v) is 11.0. The third kappa shape index (κ3) is 10.6. The maximum absolute atomic E-state index is 12.8. The fourth-order valence-electron chi connectivity index (χ4n) is 4.46. The highest BCUT2D eigenvalue weighted by Gasteiger charge is 2.51. The molecule has 2 fully saturated rings. The van der Waals surface area contributed by atoms with E-state index >= 15 is 0 Å². The number of hydrogen-bond donors (Lipinski definition) is 0. The van der Waals surface area contributed by atoms with Crippen molar-refractivity contribution in [1.29, 1.82) is 0 Å². The van der Waals surface area contributed by atoms with Gasteiger partial charge in [0.15, 0.2) is 12.2 Å². The van der Waals surface area contributed by atoms with E-state index in [2.05, 4.69) is 13.2 Å². The summed E-state index contributed by atoms with van der Waals surface area (Å²) in [6.07, 6.45) is 2.45. The van der Waals surface area contributed by atoms with Gasteiger partial charge >= 0.3 is 35.8 Å². The van der Waals surface area contributed by atoms with Crippen LogP contribution in [0.1, 0.15) is 45.7 Å². The van der Waals surface area contributed by atoms with Crippen LogP contribution in [0.4, 0.5) is 0 Å². The Morgan fingerprint density at radius 1 is 0.620 bits per heavy atom. The van der Waals surface area contributed by atoms with Gasteiger partial charge in [0, 0.05) is 23.3 Å². The molecular formula is C36H34O14. The van der Waals surface area contributed by atoms with Crippen molar-refractivity contribution in [2.75, 3.05) is 26.8 Å². The summed E-state index contributed by atoms with van der Waals surface area (Å²) in [6, 6.07) is 12.5. The molecule has 262 valence electrons. The molecule has 0 amide bonds. The number of esters is 6. The van der Waals surface area contributed by atoms with Gasteiger partial charge in [0.1, 0.15) is 12.2 Å². The molecule has 2 heterocycles. The van der Waals surface area contributed by atoms with Gasteiger partial charge in [-0.25, -0.2) is 28.8 Å². The van der Waals surface area contributed by atoms with Gasteiger partial charge in [0.2, 0.25) is 13.6 Å². The van der Waals surface area contributed by atoms with Crippen LogP contribution in [0.15, 0.2) is 85.0 Å². The molecule has 4 atom stereocenters. The highest BCUT2D eigenvalue weighted by atomic mass is 16.7. The van der Waals surface area contributed by atoms with Crippen LogP contribution < -0.4 is 0 Å². The summed E-state index contributed by atoms with van der Waals surface area (Å²) >= 11 is 0. The Morgan fingerprint density at radius 3 is 1.32 bits per heavy atom. The standard InChI is InChI=1S/C36H34O14/c1-21(2)33(39)47-19-45-29(37)15-9-23-5-11-25(12-6-23)35(41)49-27-17-43-32-28(18-44-31(27)32)50-36(42)26-13-7-24(8-14-26)10-16-30(38)46-20-48-34(40)22(3)4/h5-16,27-28,31-32H,1,3,17-20H2,2,4H3/b15-9+,16-10+/t27-,28+,31-,32-/m1/s1. The van der Waals surface area contributed by atoms with Gasteiger partial charge in [-0.05, 0) is 61.4 Å². The van der Waals surface area contributed by atoms with Crippen LogP contribution in [0, 0.1) is 0 Å². The summed E-state index contributed by atoms with van der Waals surface area (Å²) in [5.74, 6) is -4.06. The van der Waals surface area contributed by atoms with E-state index in [0.717, 1.165) is 12.2 Å². The zero-order valence-electron chi connectivity index (χ0n) is 27.2. The van der Waals surface area contributed by atoms with Gasteiger partial charge in [0.25, 0.3) is 0 Å². The average molecular weight is 691 g/mol. The van der Waals surface area contributed by atoms with Crippen molar-refractivity contribution in [3.05, 3.63) is 107 Å². The number of ether oxygens (including phenoxy) is 8. The van der Waals surface area contributed by atoms with Gasteiger partial charge in [-0.1, -0.05) is 37.4 Å². The fraction of sp³-hybridized carbons (Fsp3) is 0.278. The van der Waals surface area contributed by atoms with Crippen molar-refractivity contribution in [3.63, 3.8) is 0 Å². The largest absolute Gasteiger partial charge is 0.453 e. The van der Waals surface area contributed by atoms with Crippen molar-refractivity contribution in [1.82, 2.24) is 0 Å². The quantitative estimate of drug-likeness (QED) is 0.122. The van der Waals surface area contributed by atoms with Crippen LogP contribution in [-0.4, -0.2) is 87.0 Å². The molecule has 2 aromatic carbocycles. The SMILES string of the molecule is C=C(C)C(=O)OCOC(=O)/C=C/c1ccc(C(=O)O[C@H]2CO[C@H]3[C@@H]2OC[C@H]3OC(=O)c2ccc(/C=C/C(=O)OCOC(=O)C(=C)C)cc2)cc1. The van der Waals surface area contributed by atoms with Crippen LogP contribution in [-0.2, 0) is 57.1 Å². The zero-order valence-corrected chi connectivity index (χ0v) is 27.2. The molecule has 4 rings (SSSR count). The van der Waals surface area contributed by atoms with Crippen molar-refractivity contribution in [2.45, 2.75) is 38.3 Å². The number of rotatable bonds is 14. The molecule has 0 aliphatic carbocycles. The molecule has 2 aliphatic rings. The summed E-state index contributed by atoms with van der Waals surface area (Å²) in [7, 11) is 0. The fourth-order valence-corrected chi connectivity index (χ4v) is 4.46. The van der Waals surface area contributed by atoms with E-state index in [4.69, 9.17) is 37.9 Å². The first-order valence-corrected chi connectivity index (χ1v) is 15.1. The van der Waals surface area contributed by atoms with Gasteiger partial charge in [0.05, 0.1) is 24.3 Å². The van der Waals surface area contributed by atoms with Crippen LogP contribution in [0.2, 0.25) is 0 Å². The van der Waals surface area contributed by atoms with Crippen molar-refractivity contribution < 1.29 is 66.7 Å². The number of carbonyl (C=O) groups is 6. The van der Waals surface area contributed by atoms with Crippen molar-refractivity contribution in [2.24, 2.45) is 0 Å². The molecule has 0 saturated carbocycles. The van der Waals surface area contributed by atoms with E-state index in [1.165, 1.54) is 50.3 Å². The highest BCUT2D eigenvalue weighted by Crippen LogP contribution is 2.31. The zero-order chi connectivity index (χ0) is 36.2. The van der Waals surface area contributed by atoms with Crippen LogP contribution in [0.25, 0.3) is 12.2 Å². The van der Waals surface area contributed by atoms with E-state index in [1.54, 1.807) is 24.3 Å². The predicted molar refractivity (Wildman–Crippen MR) is 173 cm³/mol. The van der Waals surface area contributed by atoms with E-state index in [1.807, 2.05) is 0 Å². The summed E-state index contributed by atoms with van der Waals surface area (Å²) in [6.45, 7) is 8.76. The Labute approximate surface area is 286 Å². The lowest BCUT2D eigenvalue weighted by molar-refractivity contribution is -0.162. The first kappa shape index (κ1) is 37.0. The van der Waals surface area contributed by atoms with E-state index < -0.39 is 73.8 Å². The van der Waals surface area contributed by atoms with Crippen molar-refractivity contribution in [3.8, 4) is 0 Å². The summed E-state index contributed by atoms with van der Waals surface area (Å²) in [4.78, 5) is 71.9. The van der Waals surface area contributed by atoms with Gasteiger partial charge in [-0.3, -0.25) is 0 Å². The molecular weight excluding hydrogens is 656 g/mol. The third-order valence-corrected chi connectivity index (χ3v) is 7.08. The Morgan fingerprint density at radius 2 is 0.980 bits per heavy atom. The van der Waals surface area contributed by atoms with Crippen LogP contribution in [0.3, 0.4) is 0 Å². The summed E-state index contributed by atoms with van der Waals surface area (Å²) in [5.41, 5.74) is 2.04. The molecule has 0 aromatic heterocycles. The van der Waals surface area contributed by atoms with Crippen LogP contribution in [0.5, 0.6) is 0 Å². The number of fused-ring (bicyclic) bond motifs is 1. The summed E-state index contributed by atoms with van der Waals surface area (Å²) < 4.78 is 41.8. The maximum atomic E-state index is 12.8. The summed E-state index contributed by atoms with van der Waals surface area (Å²) in [5, 5.41) is 0. The Hall–Kier alpha value is -5.86. The van der Waals surface area contributed by atoms with Crippen molar-refractivity contribution >= 4 is 48.0 Å². The third-order valence-electron chi connectivity index (χ3n) is 7.08. The van der Waals surface area contributed by atoms with E-state index in [0.29, 0.717) is 11.1 Å². The topological polar surface area (TPSA) is 176 Å². The molecule has 0 N–H and O–H groups in total. The monoisotopic (exact) mass is 690 g/mol.